The first-order chi connectivity index (χ1) is 12.0. The van der Waals surface area contributed by atoms with Crippen molar-refractivity contribution in [1.82, 2.24) is 15.6 Å². The molecule has 7 nitrogen and oxygen atoms in total. The number of halogens is 2. The van der Waals surface area contributed by atoms with Gasteiger partial charge in [0, 0.05) is 38.9 Å². The molecular weight excluding hydrogens is 489 g/mol. The number of guanidine groups is 1. The number of hydrogen-bond acceptors (Lipinski definition) is 5. The SMILES string of the molecule is CN=C(NCC1CCS(=O)(=O)C1)NC1CCN(c2ncccc2Cl)C1.I. The Morgan fingerprint density at radius 1 is 1.46 bits per heavy atom. The standard InChI is InChI=1S/C16H24ClN5O2S.HI/c1-18-16(20-9-12-5-8-25(23,24)11-12)21-13-4-7-22(10-13)15-14(17)3-2-6-19-15;/h2-3,6,12-13H,4-5,7-11H2,1H3,(H2,18,20,21);1H. The largest absolute Gasteiger partial charge is 0.356 e. The van der Waals surface area contributed by atoms with Crippen LogP contribution in [0.25, 0.3) is 0 Å². The Morgan fingerprint density at radius 3 is 2.92 bits per heavy atom. The van der Waals surface area contributed by atoms with E-state index in [1.54, 1.807) is 13.2 Å². The van der Waals surface area contributed by atoms with E-state index in [9.17, 15) is 8.42 Å². The fourth-order valence-electron chi connectivity index (χ4n) is 3.34. The zero-order valence-electron chi connectivity index (χ0n) is 14.7. The van der Waals surface area contributed by atoms with Crippen molar-refractivity contribution in [1.29, 1.82) is 0 Å². The summed E-state index contributed by atoms with van der Waals surface area (Å²) in [5.74, 6) is 2.26. The normalized spacial score (nSPS) is 25.0. The number of pyridine rings is 1. The van der Waals surface area contributed by atoms with Gasteiger partial charge in [-0.05, 0) is 30.9 Å². The Labute approximate surface area is 176 Å². The monoisotopic (exact) mass is 513 g/mol. The molecule has 3 rings (SSSR count). The average molecular weight is 514 g/mol. The summed E-state index contributed by atoms with van der Waals surface area (Å²) in [5.41, 5.74) is 0. The predicted octanol–water partition coefficient (Wildman–Crippen LogP) is 1.53. The molecule has 0 spiro atoms. The number of nitrogens with one attached hydrogen (secondary N) is 2. The van der Waals surface area contributed by atoms with Crippen molar-refractivity contribution in [2.45, 2.75) is 18.9 Å². The molecule has 2 N–H and O–H groups in total. The van der Waals surface area contributed by atoms with Gasteiger partial charge in [0.2, 0.25) is 0 Å². The molecule has 3 heterocycles. The summed E-state index contributed by atoms with van der Waals surface area (Å²) in [5, 5.41) is 7.32. The third-order valence-corrected chi connectivity index (χ3v) is 6.81. The maximum Gasteiger partial charge on any atom is 0.191 e. The van der Waals surface area contributed by atoms with E-state index in [1.807, 2.05) is 12.1 Å². The van der Waals surface area contributed by atoms with Crippen LogP contribution in [-0.2, 0) is 9.84 Å². The second-order valence-electron chi connectivity index (χ2n) is 6.61. The molecule has 1 aromatic heterocycles. The highest BCUT2D eigenvalue weighted by atomic mass is 127. The van der Waals surface area contributed by atoms with Crippen LogP contribution in [0.3, 0.4) is 0 Å². The molecule has 10 heteroatoms. The first-order valence-electron chi connectivity index (χ1n) is 8.50. The maximum atomic E-state index is 11.5. The summed E-state index contributed by atoms with van der Waals surface area (Å²) in [7, 11) is -1.12. The third-order valence-electron chi connectivity index (χ3n) is 4.68. The van der Waals surface area contributed by atoms with Crippen molar-refractivity contribution in [2.24, 2.45) is 10.9 Å². The molecule has 0 amide bonds. The second kappa shape index (κ2) is 9.41. The van der Waals surface area contributed by atoms with E-state index in [0.717, 1.165) is 31.7 Å². The second-order valence-corrected chi connectivity index (χ2v) is 9.24. The van der Waals surface area contributed by atoms with Crippen LogP contribution in [0.4, 0.5) is 5.82 Å². The Kier molecular flexibility index (Phi) is 7.77. The lowest BCUT2D eigenvalue weighted by Gasteiger charge is -2.21. The number of nitrogens with zero attached hydrogens (tertiary/aromatic N) is 3. The Morgan fingerprint density at radius 2 is 2.27 bits per heavy atom. The molecule has 0 bridgehead atoms. The van der Waals surface area contributed by atoms with Gasteiger partial charge >= 0.3 is 0 Å². The van der Waals surface area contributed by atoms with Gasteiger partial charge in [-0.3, -0.25) is 4.99 Å². The summed E-state index contributed by atoms with van der Waals surface area (Å²) < 4.78 is 23.1. The molecule has 0 aromatic carbocycles. The lowest BCUT2D eigenvalue weighted by atomic mass is 10.1. The molecule has 2 saturated heterocycles. The van der Waals surface area contributed by atoms with E-state index in [-0.39, 0.29) is 41.7 Å². The summed E-state index contributed by atoms with van der Waals surface area (Å²) in [4.78, 5) is 10.8. The van der Waals surface area contributed by atoms with Crippen molar-refractivity contribution in [3.8, 4) is 0 Å². The number of aromatic nitrogens is 1. The number of aliphatic imine (C=N–C) groups is 1. The zero-order chi connectivity index (χ0) is 17.9. The lowest BCUT2D eigenvalue weighted by molar-refractivity contribution is 0.559. The molecule has 2 fully saturated rings. The van der Waals surface area contributed by atoms with Gasteiger partial charge in [-0.1, -0.05) is 11.6 Å². The highest BCUT2D eigenvalue weighted by Gasteiger charge is 2.29. The minimum absolute atomic E-state index is 0. The van der Waals surface area contributed by atoms with Crippen LogP contribution in [0.1, 0.15) is 12.8 Å². The van der Waals surface area contributed by atoms with Gasteiger partial charge in [0.1, 0.15) is 5.82 Å². The molecule has 0 radical (unpaired) electrons. The molecule has 1 aromatic rings. The van der Waals surface area contributed by atoms with E-state index in [2.05, 4.69) is 25.5 Å². The number of sulfone groups is 1. The topological polar surface area (TPSA) is 86.7 Å². The van der Waals surface area contributed by atoms with Gasteiger partial charge in [-0.25, -0.2) is 13.4 Å². The molecule has 2 aliphatic rings. The molecule has 2 atom stereocenters. The van der Waals surface area contributed by atoms with Crippen molar-refractivity contribution < 1.29 is 8.42 Å². The number of rotatable bonds is 4. The molecular formula is C16H25ClIN5O2S. The molecule has 0 aliphatic carbocycles. The van der Waals surface area contributed by atoms with Crippen LogP contribution in [0, 0.1) is 5.92 Å². The summed E-state index contributed by atoms with van der Waals surface area (Å²) in [6.45, 7) is 2.31. The molecule has 0 saturated carbocycles. The third kappa shape index (κ3) is 5.59. The van der Waals surface area contributed by atoms with Crippen LogP contribution in [0.15, 0.2) is 23.3 Å². The fraction of sp³-hybridized carbons (Fsp3) is 0.625. The highest BCUT2D eigenvalue weighted by Crippen LogP contribution is 2.25. The molecule has 146 valence electrons. The maximum absolute atomic E-state index is 11.5. The fourth-order valence-corrected chi connectivity index (χ4v) is 5.45. The van der Waals surface area contributed by atoms with E-state index < -0.39 is 9.84 Å². The minimum Gasteiger partial charge on any atom is -0.356 e. The van der Waals surface area contributed by atoms with E-state index in [0.29, 0.717) is 23.3 Å². The van der Waals surface area contributed by atoms with Gasteiger partial charge in [-0.15, -0.1) is 24.0 Å². The first-order valence-corrected chi connectivity index (χ1v) is 10.7. The van der Waals surface area contributed by atoms with Crippen LogP contribution < -0.4 is 15.5 Å². The minimum atomic E-state index is -2.84. The zero-order valence-corrected chi connectivity index (χ0v) is 18.6. The molecule has 2 unspecified atom stereocenters. The van der Waals surface area contributed by atoms with Crippen molar-refractivity contribution in [2.75, 3.05) is 43.1 Å². The first kappa shape index (κ1) is 21.5. The Balaban J connectivity index is 0.00000243. The van der Waals surface area contributed by atoms with Gasteiger partial charge in [-0.2, -0.15) is 0 Å². The van der Waals surface area contributed by atoms with Crippen molar-refractivity contribution in [3.05, 3.63) is 23.4 Å². The quantitative estimate of drug-likeness (QED) is 0.361. The van der Waals surface area contributed by atoms with Gasteiger partial charge in [0.15, 0.2) is 15.8 Å². The van der Waals surface area contributed by atoms with E-state index in [4.69, 9.17) is 11.6 Å². The Bertz CT molecular complexity index is 746. The van der Waals surface area contributed by atoms with Crippen molar-refractivity contribution >= 4 is 57.2 Å². The summed E-state index contributed by atoms with van der Waals surface area (Å²) in [6, 6.07) is 3.92. The molecule has 2 aliphatic heterocycles. The number of anilines is 1. The highest BCUT2D eigenvalue weighted by molar-refractivity contribution is 14.0. The Hall–Kier alpha value is -0.810. The van der Waals surface area contributed by atoms with Crippen LogP contribution in [0.5, 0.6) is 0 Å². The van der Waals surface area contributed by atoms with Crippen LogP contribution >= 0.6 is 35.6 Å². The average Bonchev–Trinajstić information content (AvgIpc) is 3.18. The van der Waals surface area contributed by atoms with E-state index >= 15 is 0 Å². The van der Waals surface area contributed by atoms with Crippen molar-refractivity contribution in [3.63, 3.8) is 0 Å². The summed E-state index contributed by atoms with van der Waals surface area (Å²) >= 11 is 6.22. The van der Waals surface area contributed by atoms with Crippen LogP contribution in [-0.4, -0.2) is 63.6 Å². The number of hydrogen-bond donors (Lipinski definition) is 2. The predicted molar refractivity (Wildman–Crippen MR) is 117 cm³/mol. The van der Waals surface area contributed by atoms with Gasteiger partial charge in [0.25, 0.3) is 0 Å². The smallest absolute Gasteiger partial charge is 0.191 e. The summed E-state index contributed by atoms with van der Waals surface area (Å²) in [6.07, 6.45) is 3.44. The van der Waals surface area contributed by atoms with Crippen LogP contribution in [0.2, 0.25) is 5.02 Å². The van der Waals surface area contributed by atoms with Gasteiger partial charge < -0.3 is 15.5 Å². The molecule has 26 heavy (non-hydrogen) atoms. The van der Waals surface area contributed by atoms with Gasteiger partial charge in [0.05, 0.1) is 16.5 Å². The lowest BCUT2D eigenvalue weighted by Crippen LogP contribution is -2.46. The van der Waals surface area contributed by atoms with E-state index in [1.165, 1.54) is 0 Å².